The maximum atomic E-state index is 11.9. The molecule has 2 aromatic rings. The molecule has 6 nitrogen and oxygen atoms in total. The van der Waals surface area contributed by atoms with Gasteiger partial charge in [0.15, 0.2) is 0 Å². The Labute approximate surface area is 114 Å². The SMILES string of the molecule is Cc1c(O)c(C(=O)O)cn(OCc2ccccc2)c1=O. The molecule has 0 aliphatic rings. The first-order valence-electron chi connectivity index (χ1n) is 5.86. The zero-order chi connectivity index (χ0) is 14.7. The molecule has 0 bridgehead atoms. The Balaban J connectivity index is 2.33. The van der Waals surface area contributed by atoms with Crippen molar-refractivity contribution >= 4 is 5.97 Å². The molecule has 0 saturated carbocycles. The van der Waals surface area contributed by atoms with Crippen LogP contribution >= 0.6 is 0 Å². The van der Waals surface area contributed by atoms with Crippen molar-refractivity contribution in [3.8, 4) is 5.75 Å². The minimum absolute atomic E-state index is 0.0713. The maximum absolute atomic E-state index is 11.9. The molecule has 0 radical (unpaired) electrons. The Morgan fingerprint density at radius 3 is 2.55 bits per heavy atom. The fourth-order valence-electron chi connectivity index (χ4n) is 1.68. The van der Waals surface area contributed by atoms with E-state index in [1.54, 1.807) is 0 Å². The Kier molecular flexibility index (Phi) is 3.74. The highest BCUT2D eigenvalue weighted by molar-refractivity contribution is 5.90. The van der Waals surface area contributed by atoms with E-state index < -0.39 is 17.3 Å². The van der Waals surface area contributed by atoms with Crippen LogP contribution in [0.15, 0.2) is 41.3 Å². The summed E-state index contributed by atoms with van der Waals surface area (Å²) in [5, 5.41) is 18.6. The van der Waals surface area contributed by atoms with Gasteiger partial charge in [-0.3, -0.25) is 4.79 Å². The summed E-state index contributed by atoms with van der Waals surface area (Å²) in [5.41, 5.74) is -0.210. The van der Waals surface area contributed by atoms with Gasteiger partial charge in [0.2, 0.25) is 0 Å². The van der Waals surface area contributed by atoms with Crippen LogP contribution in [0, 0.1) is 6.92 Å². The molecule has 2 N–H and O–H groups in total. The van der Waals surface area contributed by atoms with Crippen molar-refractivity contribution in [1.82, 2.24) is 4.73 Å². The van der Waals surface area contributed by atoms with Crippen LogP contribution in [0.2, 0.25) is 0 Å². The molecule has 2 rings (SSSR count). The number of rotatable bonds is 4. The van der Waals surface area contributed by atoms with Crippen molar-refractivity contribution in [1.29, 1.82) is 0 Å². The van der Waals surface area contributed by atoms with E-state index >= 15 is 0 Å². The highest BCUT2D eigenvalue weighted by Gasteiger charge is 2.17. The van der Waals surface area contributed by atoms with Crippen LogP contribution in [0.1, 0.15) is 21.5 Å². The van der Waals surface area contributed by atoms with Gasteiger partial charge in [0.25, 0.3) is 5.56 Å². The first kappa shape index (κ1) is 13.7. The Morgan fingerprint density at radius 1 is 1.30 bits per heavy atom. The lowest BCUT2D eigenvalue weighted by atomic mass is 10.2. The zero-order valence-electron chi connectivity index (χ0n) is 10.7. The first-order valence-corrected chi connectivity index (χ1v) is 5.86. The second kappa shape index (κ2) is 5.48. The van der Waals surface area contributed by atoms with Gasteiger partial charge in [-0.25, -0.2) is 4.79 Å². The second-order valence-electron chi connectivity index (χ2n) is 4.21. The quantitative estimate of drug-likeness (QED) is 0.875. The lowest BCUT2D eigenvalue weighted by molar-refractivity contribution is 0.0667. The summed E-state index contributed by atoms with van der Waals surface area (Å²) in [6.45, 7) is 1.45. The van der Waals surface area contributed by atoms with Gasteiger partial charge in [0.1, 0.15) is 17.9 Å². The van der Waals surface area contributed by atoms with Crippen LogP contribution in [0.4, 0.5) is 0 Å². The summed E-state index contributed by atoms with van der Waals surface area (Å²) in [7, 11) is 0. The van der Waals surface area contributed by atoms with Crippen LogP contribution < -0.4 is 10.4 Å². The Morgan fingerprint density at radius 2 is 1.95 bits per heavy atom. The zero-order valence-corrected chi connectivity index (χ0v) is 10.7. The third-order valence-electron chi connectivity index (χ3n) is 2.82. The van der Waals surface area contributed by atoms with Crippen molar-refractivity contribution in [2.24, 2.45) is 0 Å². The predicted octanol–water partition coefficient (Wildman–Crippen LogP) is 1.19. The van der Waals surface area contributed by atoms with E-state index in [4.69, 9.17) is 9.94 Å². The molecule has 0 spiro atoms. The van der Waals surface area contributed by atoms with Crippen molar-refractivity contribution in [3.63, 3.8) is 0 Å². The summed E-state index contributed by atoms with van der Waals surface area (Å²) < 4.78 is 0.825. The third-order valence-corrected chi connectivity index (χ3v) is 2.82. The molecule has 0 atom stereocenters. The number of nitrogens with zero attached hydrogens (tertiary/aromatic N) is 1. The second-order valence-corrected chi connectivity index (χ2v) is 4.21. The molecule has 0 fully saturated rings. The molecule has 0 aliphatic carbocycles. The molecule has 6 heteroatoms. The van der Waals surface area contributed by atoms with E-state index in [0.717, 1.165) is 16.5 Å². The highest BCUT2D eigenvalue weighted by Crippen LogP contribution is 2.18. The van der Waals surface area contributed by atoms with Crippen LogP contribution in [-0.2, 0) is 6.61 Å². The number of hydrogen-bond donors (Lipinski definition) is 2. The number of carbonyl (C=O) groups is 1. The Hall–Kier alpha value is -2.76. The summed E-state index contributed by atoms with van der Waals surface area (Å²) >= 11 is 0. The fourth-order valence-corrected chi connectivity index (χ4v) is 1.68. The molecule has 20 heavy (non-hydrogen) atoms. The smallest absolute Gasteiger partial charge is 0.341 e. The van der Waals surface area contributed by atoms with Crippen LogP contribution in [-0.4, -0.2) is 20.9 Å². The number of carboxylic acid groups (broad SMARTS) is 1. The van der Waals surface area contributed by atoms with Gasteiger partial charge < -0.3 is 15.1 Å². The normalized spacial score (nSPS) is 10.2. The molecule has 1 aromatic carbocycles. The summed E-state index contributed by atoms with van der Waals surface area (Å²) in [4.78, 5) is 28.1. The topological polar surface area (TPSA) is 88.8 Å². The molecule has 1 aromatic heterocycles. The summed E-state index contributed by atoms with van der Waals surface area (Å²) in [5.74, 6) is -1.87. The van der Waals surface area contributed by atoms with E-state index in [-0.39, 0.29) is 17.7 Å². The first-order chi connectivity index (χ1) is 9.50. The summed E-state index contributed by atoms with van der Waals surface area (Å²) in [6.07, 6.45) is 0.968. The van der Waals surface area contributed by atoms with Gasteiger partial charge in [-0.15, -0.1) is 0 Å². The van der Waals surface area contributed by atoms with E-state index in [2.05, 4.69) is 0 Å². The van der Waals surface area contributed by atoms with Gasteiger partial charge in [0.05, 0.1) is 11.8 Å². The molecular formula is C14H13NO5. The standard InChI is InChI=1S/C14H13NO5/c1-9-12(16)11(14(18)19)7-15(13(9)17)20-8-10-5-3-2-4-6-10/h2-7,16H,8H2,1H3,(H,18,19). The lowest BCUT2D eigenvalue weighted by Gasteiger charge is -2.11. The van der Waals surface area contributed by atoms with Gasteiger partial charge in [-0.2, -0.15) is 4.73 Å². The number of benzene rings is 1. The van der Waals surface area contributed by atoms with Crippen molar-refractivity contribution in [2.45, 2.75) is 13.5 Å². The predicted molar refractivity (Wildman–Crippen MR) is 70.8 cm³/mol. The molecule has 1 heterocycles. The van der Waals surface area contributed by atoms with Gasteiger partial charge in [0, 0.05) is 0 Å². The number of pyridine rings is 1. The number of aromatic carboxylic acids is 1. The highest BCUT2D eigenvalue weighted by atomic mass is 16.7. The van der Waals surface area contributed by atoms with E-state index in [0.29, 0.717) is 0 Å². The lowest BCUT2D eigenvalue weighted by Crippen LogP contribution is -2.29. The molecule has 0 amide bonds. The molecule has 0 saturated heterocycles. The minimum Gasteiger partial charge on any atom is -0.506 e. The van der Waals surface area contributed by atoms with Crippen LogP contribution in [0.25, 0.3) is 0 Å². The third kappa shape index (κ3) is 2.64. The van der Waals surface area contributed by atoms with Gasteiger partial charge in [-0.1, -0.05) is 30.3 Å². The van der Waals surface area contributed by atoms with Crippen LogP contribution in [0.3, 0.4) is 0 Å². The van der Waals surface area contributed by atoms with Crippen molar-refractivity contribution in [3.05, 3.63) is 63.6 Å². The van der Waals surface area contributed by atoms with E-state index in [1.165, 1.54) is 6.92 Å². The fraction of sp³-hybridized carbons (Fsp3) is 0.143. The van der Waals surface area contributed by atoms with Crippen molar-refractivity contribution < 1.29 is 19.8 Å². The van der Waals surface area contributed by atoms with Crippen LogP contribution in [0.5, 0.6) is 5.75 Å². The molecule has 0 aliphatic heterocycles. The summed E-state index contributed by atoms with van der Waals surface area (Å²) in [6, 6.07) is 9.13. The van der Waals surface area contributed by atoms with E-state index in [1.807, 2.05) is 30.3 Å². The number of carboxylic acids is 1. The number of aromatic nitrogens is 1. The largest absolute Gasteiger partial charge is 0.506 e. The van der Waals surface area contributed by atoms with Gasteiger partial charge in [-0.05, 0) is 12.5 Å². The van der Waals surface area contributed by atoms with Crippen molar-refractivity contribution in [2.75, 3.05) is 0 Å². The maximum Gasteiger partial charge on any atom is 0.341 e. The Bertz CT molecular complexity index is 691. The minimum atomic E-state index is -1.33. The number of aromatic hydroxyl groups is 1. The average molecular weight is 275 g/mol. The molecular weight excluding hydrogens is 262 g/mol. The molecule has 0 unspecified atom stereocenters. The molecule has 104 valence electrons. The average Bonchev–Trinajstić information content (AvgIpc) is 2.45. The van der Waals surface area contributed by atoms with E-state index in [9.17, 15) is 14.7 Å². The monoisotopic (exact) mass is 275 g/mol. The van der Waals surface area contributed by atoms with Gasteiger partial charge >= 0.3 is 5.97 Å². The number of hydrogen-bond acceptors (Lipinski definition) is 4.